The van der Waals surface area contributed by atoms with Crippen molar-refractivity contribution in [1.82, 2.24) is 5.32 Å². The first-order valence-electron chi connectivity index (χ1n) is 5.98. The van der Waals surface area contributed by atoms with Crippen LogP contribution in [0.25, 0.3) is 0 Å². The van der Waals surface area contributed by atoms with Crippen LogP contribution in [-0.2, 0) is 16.0 Å². The summed E-state index contributed by atoms with van der Waals surface area (Å²) in [7, 11) is 0. The van der Waals surface area contributed by atoms with Crippen LogP contribution in [0.15, 0.2) is 30.3 Å². The number of aliphatic hydroxyl groups excluding tert-OH is 1. The van der Waals surface area contributed by atoms with Gasteiger partial charge in [-0.3, -0.25) is 4.79 Å². The van der Waals surface area contributed by atoms with E-state index in [0.717, 1.165) is 5.56 Å². The van der Waals surface area contributed by atoms with Crippen LogP contribution in [0, 0.1) is 0 Å². The Morgan fingerprint density at radius 1 is 1.26 bits per heavy atom. The van der Waals surface area contributed by atoms with Crippen LogP contribution in [0.3, 0.4) is 0 Å². The third-order valence-electron chi connectivity index (χ3n) is 2.67. The maximum Gasteiger partial charge on any atom is 0.326 e. The number of hydrogen-bond acceptors (Lipinski definition) is 4. The SMILES string of the molecule is NC(Cc1ccccc1)C(=O)NC(CCO)C(=O)O. The normalized spacial score (nSPS) is 13.6. The monoisotopic (exact) mass is 266 g/mol. The van der Waals surface area contributed by atoms with Crippen LogP contribution in [0.1, 0.15) is 12.0 Å². The lowest BCUT2D eigenvalue weighted by Gasteiger charge is -2.17. The summed E-state index contributed by atoms with van der Waals surface area (Å²) in [6.45, 7) is -0.314. The van der Waals surface area contributed by atoms with Crippen molar-refractivity contribution < 1.29 is 19.8 Å². The summed E-state index contributed by atoms with van der Waals surface area (Å²) in [5.74, 6) is -1.72. The maximum absolute atomic E-state index is 11.8. The standard InChI is InChI=1S/C13H18N2O4/c14-10(8-9-4-2-1-3-5-9)12(17)15-11(6-7-16)13(18)19/h1-5,10-11,16H,6-8,14H2,(H,15,17)(H,18,19). The number of carbonyl (C=O) groups excluding carboxylic acids is 1. The lowest BCUT2D eigenvalue weighted by molar-refractivity contribution is -0.142. The van der Waals surface area contributed by atoms with E-state index in [1.807, 2.05) is 30.3 Å². The summed E-state index contributed by atoms with van der Waals surface area (Å²) in [6, 6.07) is 7.29. The number of carbonyl (C=O) groups is 2. The largest absolute Gasteiger partial charge is 0.480 e. The maximum atomic E-state index is 11.8. The third kappa shape index (κ3) is 5.07. The zero-order valence-corrected chi connectivity index (χ0v) is 10.5. The zero-order chi connectivity index (χ0) is 14.3. The fourth-order valence-corrected chi connectivity index (χ4v) is 1.63. The molecule has 5 N–H and O–H groups in total. The molecule has 6 heteroatoms. The van der Waals surface area contributed by atoms with Gasteiger partial charge in [0.15, 0.2) is 0 Å². The highest BCUT2D eigenvalue weighted by molar-refractivity contribution is 5.86. The van der Waals surface area contributed by atoms with Crippen LogP contribution >= 0.6 is 0 Å². The van der Waals surface area contributed by atoms with Crippen LogP contribution in [0.5, 0.6) is 0 Å². The lowest BCUT2D eigenvalue weighted by atomic mass is 10.1. The molecule has 0 aliphatic rings. The van der Waals surface area contributed by atoms with E-state index < -0.39 is 24.0 Å². The Bertz CT molecular complexity index is 422. The molecule has 19 heavy (non-hydrogen) atoms. The van der Waals surface area contributed by atoms with Gasteiger partial charge in [0.2, 0.25) is 5.91 Å². The first-order valence-corrected chi connectivity index (χ1v) is 5.98. The third-order valence-corrected chi connectivity index (χ3v) is 2.67. The minimum Gasteiger partial charge on any atom is -0.480 e. The van der Waals surface area contributed by atoms with Crippen molar-refractivity contribution in [2.75, 3.05) is 6.61 Å². The number of carboxylic acid groups (broad SMARTS) is 1. The van der Waals surface area contributed by atoms with Gasteiger partial charge in [0.25, 0.3) is 0 Å². The summed E-state index contributed by atoms with van der Waals surface area (Å²) in [6.07, 6.45) is 0.289. The second kappa shape index (κ2) is 7.50. The van der Waals surface area contributed by atoms with Crippen molar-refractivity contribution in [3.63, 3.8) is 0 Å². The van der Waals surface area contributed by atoms with E-state index in [0.29, 0.717) is 6.42 Å². The topological polar surface area (TPSA) is 113 Å². The molecule has 1 rings (SSSR count). The molecule has 104 valence electrons. The Labute approximate surface area is 111 Å². The van der Waals surface area contributed by atoms with E-state index in [1.165, 1.54) is 0 Å². The molecule has 6 nitrogen and oxygen atoms in total. The van der Waals surface area contributed by atoms with Crippen molar-refractivity contribution in [2.45, 2.75) is 24.9 Å². The minimum absolute atomic E-state index is 0.0425. The van der Waals surface area contributed by atoms with Crippen LogP contribution in [-0.4, -0.2) is 40.8 Å². The summed E-state index contributed by atoms with van der Waals surface area (Å²) in [4.78, 5) is 22.6. The summed E-state index contributed by atoms with van der Waals surface area (Å²) in [5, 5.41) is 19.9. The van der Waals surface area contributed by atoms with Crippen LogP contribution < -0.4 is 11.1 Å². The van der Waals surface area contributed by atoms with Crippen LogP contribution in [0.2, 0.25) is 0 Å². The number of carboxylic acids is 1. The second-order valence-electron chi connectivity index (χ2n) is 4.21. The van der Waals surface area contributed by atoms with E-state index >= 15 is 0 Å². The summed E-state index contributed by atoms with van der Waals surface area (Å²) < 4.78 is 0. The van der Waals surface area contributed by atoms with E-state index in [-0.39, 0.29) is 13.0 Å². The van der Waals surface area contributed by atoms with Gasteiger partial charge in [-0.2, -0.15) is 0 Å². The van der Waals surface area contributed by atoms with Crippen molar-refractivity contribution in [3.8, 4) is 0 Å². The number of aliphatic hydroxyl groups is 1. The number of nitrogens with two attached hydrogens (primary N) is 1. The Balaban J connectivity index is 2.54. The van der Waals surface area contributed by atoms with Gasteiger partial charge in [0.1, 0.15) is 6.04 Å². The molecule has 0 fully saturated rings. The van der Waals surface area contributed by atoms with Crippen molar-refractivity contribution in [1.29, 1.82) is 0 Å². The van der Waals surface area contributed by atoms with Gasteiger partial charge in [-0.05, 0) is 12.0 Å². The number of rotatable bonds is 7. The van der Waals surface area contributed by atoms with Crippen LogP contribution in [0.4, 0.5) is 0 Å². The first kappa shape index (κ1) is 15.1. The molecule has 2 atom stereocenters. The molecule has 1 amide bonds. The summed E-state index contributed by atoms with van der Waals surface area (Å²) in [5.41, 5.74) is 6.63. The van der Waals surface area contributed by atoms with Gasteiger partial charge < -0.3 is 21.3 Å². The highest BCUT2D eigenvalue weighted by Crippen LogP contribution is 2.02. The molecule has 2 unspecified atom stereocenters. The second-order valence-corrected chi connectivity index (χ2v) is 4.21. The summed E-state index contributed by atoms with van der Waals surface area (Å²) >= 11 is 0. The molecule has 0 bridgehead atoms. The smallest absolute Gasteiger partial charge is 0.326 e. The highest BCUT2D eigenvalue weighted by Gasteiger charge is 2.22. The average molecular weight is 266 g/mol. The molecule has 0 aliphatic carbocycles. The van der Waals surface area contributed by atoms with Crippen molar-refractivity contribution in [3.05, 3.63) is 35.9 Å². The molecule has 0 aliphatic heterocycles. The van der Waals surface area contributed by atoms with Gasteiger partial charge in [-0.15, -0.1) is 0 Å². The molecule has 0 heterocycles. The van der Waals surface area contributed by atoms with E-state index in [9.17, 15) is 9.59 Å². The molecule has 0 saturated carbocycles. The van der Waals surface area contributed by atoms with Gasteiger partial charge in [-0.25, -0.2) is 4.79 Å². The molecule has 1 aromatic rings. The molecular weight excluding hydrogens is 248 g/mol. The Morgan fingerprint density at radius 3 is 2.42 bits per heavy atom. The van der Waals surface area contributed by atoms with Crippen molar-refractivity contribution in [2.24, 2.45) is 5.73 Å². The lowest BCUT2D eigenvalue weighted by Crippen LogP contribution is -2.49. The molecular formula is C13H18N2O4. The molecule has 0 saturated heterocycles. The molecule has 1 aromatic carbocycles. The zero-order valence-electron chi connectivity index (χ0n) is 10.5. The fourth-order valence-electron chi connectivity index (χ4n) is 1.63. The van der Waals surface area contributed by atoms with Gasteiger partial charge in [0, 0.05) is 13.0 Å². The number of benzene rings is 1. The van der Waals surface area contributed by atoms with Gasteiger partial charge in [0.05, 0.1) is 6.04 Å². The first-order chi connectivity index (χ1) is 9.04. The predicted molar refractivity (Wildman–Crippen MR) is 69.4 cm³/mol. The Hall–Kier alpha value is -1.92. The number of aliphatic carboxylic acids is 1. The predicted octanol–water partition coefficient (Wildman–Crippen LogP) is -0.492. The number of nitrogens with one attached hydrogen (secondary N) is 1. The minimum atomic E-state index is -1.19. The fraction of sp³-hybridized carbons (Fsp3) is 0.385. The Morgan fingerprint density at radius 2 is 1.89 bits per heavy atom. The molecule has 0 aromatic heterocycles. The van der Waals surface area contributed by atoms with E-state index in [4.69, 9.17) is 15.9 Å². The quantitative estimate of drug-likeness (QED) is 0.532. The highest BCUT2D eigenvalue weighted by atomic mass is 16.4. The molecule has 0 radical (unpaired) electrons. The van der Waals surface area contributed by atoms with Gasteiger partial charge >= 0.3 is 5.97 Å². The van der Waals surface area contributed by atoms with E-state index in [2.05, 4.69) is 5.32 Å². The number of hydrogen-bond donors (Lipinski definition) is 4. The number of amides is 1. The molecule has 0 spiro atoms. The van der Waals surface area contributed by atoms with Crippen molar-refractivity contribution >= 4 is 11.9 Å². The van der Waals surface area contributed by atoms with E-state index in [1.54, 1.807) is 0 Å². The Kier molecular flexibility index (Phi) is 5.98. The average Bonchev–Trinajstić information content (AvgIpc) is 2.39. The van der Waals surface area contributed by atoms with Gasteiger partial charge in [-0.1, -0.05) is 30.3 Å².